The quantitative estimate of drug-likeness (QED) is 0.195. The molecule has 0 fully saturated rings. The van der Waals surface area contributed by atoms with E-state index in [9.17, 15) is 0 Å². The summed E-state index contributed by atoms with van der Waals surface area (Å²) in [6, 6.07) is 37.0. The van der Waals surface area contributed by atoms with Crippen LogP contribution in [0, 0.1) is 0 Å². The molecule has 0 unspecified atom stereocenters. The van der Waals surface area contributed by atoms with Gasteiger partial charge in [-0.05, 0) is 83.9 Å². The number of hydrogen-bond donors (Lipinski definition) is 0. The maximum atomic E-state index is 5.21. The standard InChI is InChI=1S/C38H23N7/c1-2-11-33-28(8-1)37-34(12-6-18-41-37)45(33)35-13-3-10-30(44-35)32-23-26(22-31(43-32)24-14-19-39-20-15-24)29-21-25-7-4-16-40-36(25)38-27(29)9-5-17-42-38/h1-23H. The van der Waals surface area contributed by atoms with E-state index in [1.807, 2.05) is 79.3 Å². The van der Waals surface area contributed by atoms with Crippen molar-refractivity contribution in [3.63, 3.8) is 0 Å². The second kappa shape index (κ2) is 10.1. The fourth-order valence-electron chi connectivity index (χ4n) is 6.22. The van der Waals surface area contributed by atoms with Crippen molar-refractivity contribution in [2.24, 2.45) is 0 Å². The first-order valence-corrected chi connectivity index (χ1v) is 14.7. The van der Waals surface area contributed by atoms with Gasteiger partial charge in [-0.15, -0.1) is 0 Å². The monoisotopic (exact) mass is 577 g/mol. The Kier molecular flexibility index (Phi) is 5.67. The van der Waals surface area contributed by atoms with Crippen LogP contribution in [-0.4, -0.2) is 34.5 Å². The molecule has 0 atom stereocenters. The van der Waals surface area contributed by atoms with Gasteiger partial charge in [0.1, 0.15) is 5.82 Å². The van der Waals surface area contributed by atoms with Gasteiger partial charge in [0.05, 0.1) is 44.7 Å². The zero-order valence-corrected chi connectivity index (χ0v) is 23.9. The number of benzene rings is 2. The molecule has 0 aliphatic rings. The first-order valence-electron chi connectivity index (χ1n) is 14.7. The van der Waals surface area contributed by atoms with Crippen LogP contribution in [0.4, 0.5) is 0 Å². The Morgan fingerprint density at radius 3 is 2.09 bits per heavy atom. The van der Waals surface area contributed by atoms with Crippen molar-refractivity contribution < 1.29 is 0 Å². The van der Waals surface area contributed by atoms with Gasteiger partial charge in [0.25, 0.3) is 0 Å². The molecule has 45 heavy (non-hydrogen) atoms. The largest absolute Gasteiger partial charge is 0.292 e. The highest BCUT2D eigenvalue weighted by Gasteiger charge is 2.17. The minimum Gasteiger partial charge on any atom is -0.292 e. The van der Waals surface area contributed by atoms with Crippen molar-refractivity contribution in [1.82, 2.24) is 34.5 Å². The SMILES string of the molecule is c1cc(-c2cc(-c3cc4cccnc4c4ncccc34)cc(-c3ccncc3)n2)nc(-n2c3ccccc3c3ncccc32)c1. The Morgan fingerprint density at radius 1 is 0.444 bits per heavy atom. The lowest BCUT2D eigenvalue weighted by atomic mass is 9.96. The van der Waals surface area contributed by atoms with Gasteiger partial charge < -0.3 is 0 Å². The summed E-state index contributed by atoms with van der Waals surface area (Å²) < 4.78 is 2.17. The fourth-order valence-corrected chi connectivity index (χ4v) is 6.22. The average Bonchev–Trinajstić information content (AvgIpc) is 3.46. The third-order valence-corrected chi connectivity index (χ3v) is 8.23. The van der Waals surface area contributed by atoms with Gasteiger partial charge in [-0.2, -0.15) is 0 Å². The number of rotatable bonds is 4. The molecule has 0 radical (unpaired) electrons. The molecular weight excluding hydrogens is 554 g/mol. The molecule has 9 rings (SSSR count). The molecule has 7 heterocycles. The molecule has 0 saturated heterocycles. The van der Waals surface area contributed by atoms with Crippen molar-refractivity contribution in [2.45, 2.75) is 0 Å². The topological polar surface area (TPSA) is 82.3 Å². The van der Waals surface area contributed by atoms with Gasteiger partial charge in [0.2, 0.25) is 0 Å². The Labute approximate surface area is 257 Å². The number of pyridine rings is 6. The number of nitrogens with zero attached hydrogens (tertiary/aromatic N) is 7. The fraction of sp³-hybridized carbons (Fsp3) is 0. The lowest BCUT2D eigenvalue weighted by Crippen LogP contribution is -2.00. The van der Waals surface area contributed by atoms with E-state index in [-0.39, 0.29) is 0 Å². The van der Waals surface area contributed by atoms with Crippen molar-refractivity contribution in [3.8, 4) is 39.6 Å². The highest BCUT2D eigenvalue weighted by molar-refractivity contribution is 6.10. The van der Waals surface area contributed by atoms with Crippen LogP contribution in [-0.2, 0) is 0 Å². The second-order valence-corrected chi connectivity index (χ2v) is 10.9. The Morgan fingerprint density at radius 2 is 1.18 bits per heavy atom. The van der Waals surface area contributed by atoms with E-state index in [4.69, 9.17) is 19.9 Å². The Balaban J connectivity index is 1.29. The Hall–Kier alpha value is -6.34. The highest BCUT2D eigenvalue weighted by atomic mass is 15.1. The van der Waals surface area contributed by atoms with Crippen LogP contribution in [0.15, 0.2) is 140 Å². The van der Waals surface area contributed by atoms with Crippen LogP contribution in [0.2, 0.25) is 0 Å². The van der Waals surface area contributed by atoms with Crippen LogP contribution in [0.25, 0.3) is 83.3 Å². The second-order valence-electron chi connectivity index (χ2n) is 10.9. The van der Waals surface area contributed by atoms with Gasteiger partial charge in [-0.25, -0.2) is 9.97 Å². The van der Waals surface area contributed by atoms with E-state index >= 15 is 0 Å². The summed E-state index contributed by atoms with van der Waals surface area (Å²) in [6.45, 7) is 0. The van der Waals surface area contributed by atoms with E-state index in [0.717, 1.165) is 83.3 Å². The summed E-state index contributed by atoms with van der Waals surface area (Å²) >= 11 is 0. The number of para-hydroxylation sites is 1. The summed E-state index contributed by atoms with van der Waals surface area (Å²) in [4.78, 5) is 28.7. The zero-order valence-electron chi connectivity index (χ0n) is 23.9. The molecule has 2 aromatic carbocycles. The van der Waals surface area contributed by atoms with Crippen molar-refractivity contribution in [1.29, 1.82) is 0 Å². The molecule has 7 heteroatoms. The van der Waals surface area contributed by atoms with Crippen LogP contribution in [0.1, 0.15) is 0 Å². The van der Waals surface area contributed by atoms with Gasteiger partial charge >= 0.3 is 0 Å². The van der Waals surface area contributed by atoms with Crippen molar-refractivity contribution in [2.75, 3.05) is 0 Å². The predicted molar refractivity (Wildman–Crippen MR) is 179 cm³/mol. The maximum absolute atomic E-state index is 5.21. The summed E-state index contributed by atoms with van der Waals surface area (Å²) in [6.07, 6.45) is 9.05. The van der Waals surface area contributed by atoms with E-state index in [1.165, 1.54) is 0 Å². The number of fused-ring (bicyclic) bond motifs is 6. The number of hydrogen-bond acceptors (Lipinski definition) is 6. The molecule has 9 aromatic rings. The molecule has 7 nitrogen and oxygen atoms in total. The molecule has 0 amide bonds. The van der Waals surface area contributed by atoms with Crippen LogP contribution in [0.5, 0.6) is 0 Å². The maximum Gasteiger partial charge on any atom is 0.138 e. The molecule has 7 aromatic heterocycles. The third-order valence-electron chi connectivity index (χ3n) is 8.23. The van der Waals surface area contributed by atoms with E-state index in [1.54, 1.807) is 12.4 Å². The van der Waals surface area contributed by atoms with E-state index < -0.39 is 0 Å². The molecular formula is C38H23N7. The van der Waals surface area contributed by atoms with Crippen molar-refractivity contribution in [3.05, 3.63) is 140 Å². The predicted octanol–water partition coefficient (Wildman–Crippen LogP) is 8.46. The molecule has 0 aliphatic carbocycles. The Bertz CT molecular complexity index is 2500. The first kappa shape index (κ1) is 25.2. The normalized spacial score (nSPS) is 11.6. The lowest BCUT2D eigenvalue weighted by molar-refractivity contribution is 1.08. The molecule has 0 aliphatic heterocycles. The van der Waals surface area contributed by atoms with Crippen LogP contribution in [0.3, 0.4) is 0 Å². The van der Waals surface area contributed by atoms with Crippen LogP contribution >= 0.6 is 0 Å². The summed E-state index contributed by atoms with van der Waals surface area (Å²) in [5.41, 5.74) is 10.2. The summed E-state index contributed by atoms with van der Waals surface area (Å²) in [5.74, 6) is 0.802. The lowest BCUT2D eigenvalue weighted by Gasteiger charge is -2.14. The van der Waals surface area contributed by atoms with Gasteiger partial charge in [-0.3, -0.25) is 24.5 Å². The molecule has 210 valence electrons. The van der Waals surface area contributed by atoms with Crippen LogP contribution < -0.4 is 0 Å². The number of aromatic nitrogens is 7. The van der Waals surface area contributed by atoms with Gasteiger partial charge in [0, 0.05) is 52.7 Å². The smallest absolute Gasteiger partial charge is 0.138 e. The summed E-state index contributed by atoms with van der Waals surface area (Å²) in [7, 11) is 0. The van der Waals surface area contributed by atoms with Gasteiger partial charge in [0.15, 0.2) is 0 Å². The molecule has 0 N–H and O–H groups in total. The first-order chi connectivity index (χ1) is 22.3. The molecule has 0 saturated carbocycles. The van der Waals surface area contributed by atoms with E-state index in [0.29, 0.717) is 0 Å². The minimum atomic E-state index is 0.767. The average molecular weight is 578 g/mol. The summed E-state index contributed by atoms with van der Waals surface area (Å²) in [5, 5.41) is 3.15. The van der Waals surface area contributed by atoms with E-state index in [2.05, 4.69) is 63.1 Å². The van der Waals surface area contributed by atoms with Gasteiger partial charge in [-0.1, -0.05) is 36.4 Å². The van der Waals surface area contributed by atoms with Crippen molar-refractivity contribution >= 4 is 43.7 Å². The third kappa shape index (κ3) is 4.13. The molecule has 0 bridgehead atoms. The minimum absolute atomic E-state index is 0.767. The zero-order chi connectivity index (χ0) is 29.7. The highest BCUT2D eigenvalue weighted by Crippen LogP contribution is 2.37. The molecule has 0 spiro atoms.